The van der Waals surface area contributed by atoms with Crippen LogP contribution in [-0.2, 0) is 12.8 Å². The molecular weight excluding hydrogens is 330 g/mol. The van der Waals surface area contributed by atoms with Crippen LogP contribution >= 0.6 is 23.7 Å². The second kappa shape index (κ2) is 7.12. The van der Waals surface area contributed by atoms with E-state index in [-0.39, 0.29) is 12.4 Å². The summed E-state index contributed by atoms with van der Waals surface area (Å²) in [4.78, 5) is 1.49. The molecule has 0 spiro atoms. The summed E-state index contributed by atoms with van der Waals surface area (Å²) in [6.45, 7) is 1.06. The Morgan fingerprint density at radius 1 is 1.22 bits per heavy atom. The molecule has 1 atom stereocenters. The van der Waals surface area contributed by atoms with Crippen molar-refractivity contribution in [2.45, 2.75) is 37.8 Å². The van der Waals surface area contributed by atoms with Crippen molar-refractivity contribution in [3.8, 4) is 11.5 Å². The number of hydrogen-bond acceptors (Lipinski definition) is 4. The predicted octanol–water partition coefficient (Wildman–Crippen LogP) is 4.15. The molecule has 23 heavy (non-hydrogen) atoms. The molecule has 0 saturated heterocycles. The highest BCUT2D eigenvalue weighted by Gasteiger charge is 2.25. The lowest BCUT2D eigenvalue weighted by Crippen LogP contribution is -2.29. The molecule has 2 aliphatic rings. The highest BCUT2D eigenvalue weighted by molar-refractivity contribution is 7.10. The van der Waals surface area contributed by atoms with Gasteiger partial charge < -0.3 is 14.8 Å². The predicted molar refractivity (Wildman–Crippen MR) is 96.4 cm³/mol. The van der Waals surface area contributed by atoms with Crippen molar-refractivity contribution in [3.05, 3.63) is 45.6 Å². The van der Waals surface area contributed by atoms with Crippen molar-refractivity contribution in [3.63, 3.8) is 0 Å². The Morgan fingerprint density at radius 3 is 2.87 bits per heavy atom. The van der Waals surface area contributed by atoms with E-state index in [0.29, 0.717) is 12.1 Å². The van der Waals surface area contributed by atoms with Crippen LogP contribution in [0.5, 0.6) is 11.5 Å². The highest BCUT2D eigenvalue weighted by Crippen LogP contribution is 2.36. The van der Waals surface area contributed by atoms with Gasteiger partial charge in [0.2, 0.25) is 0 Å². The summed E-state index contributed by atoms with van der Waals surface area (Å²) in [5.41, 5.74) is 2.80. The largest absolute Gasteiger partial charge is 0.493 e. The fourth-order valence-electron chi connectivity index (χ4n) is 3.04. The van der Waals surface area contributed by atoms with Crippen molar-refractivity contribution in [1.29, 1.82) is 0 Å². The van der Waals surface area contributed by atoms with Crippen molar-refractivity contribution in [2.24, 2.45) is 0 Å². The summed E-state index contributed by atoms with van der Waals surface area (Å²) in [7, 11) is 1.72. The lowest BCUT2D eigenvalue weighted by molar-refractivity contribution is 0.282. The second-order valence-corrected chi connectivity index (χ2v) is 7.02. The minimum absolute atomic E-state index is 0. The number of ether oxygens (including phenoxy) is 2. The molecule has 1 unspecified atom stereocenters. The van der Waals surface area contributed by atoms with Crippen LogP contribution in [0.2, 0.25) is 0 Å². The Morgan fingerprint density at radius 2 is 2.09 bits per heavy atom. The maximum atomic E-state index is 5.90. The Bertz CT molecular complexity index is 669. The minimum Gasteiger partial charge on any atom is -0.493 e. The van der Waals surface area contributed by atoms with E-state index >= 15 is 0 Å². The first kappa shape index (κ1) is 16.6. The Labute approximate surface area is 147 Å². The molecule has 4 rings (SSSR count). The second-order valence-electron chi connectivity index (χ2n) is 6.07. The fraction of sp³-hybridized carbons (Fsp3) is 0.444. The molecule has 0 bridgehead atoms. The van der Waals surface area contributed by atoms with Gasteiger partial charge in [-0.1, -0.05) is 6.07 Å². The van der Waals surface area contributed by atoms with Gasteiger partial charge in [0.15, 0.2) is 11.5 Å². The molecular formula is C18H22ClNO2S. The summed E-state index contributed by atoms with van der Waals surface area (Å²) in [6.07, 6.45) is 4.87. The zero-order valence-electron chi connectivity index (χ0n) is 13.2. The zero-order chi connectivity index (χ0) is 14.9. The Hall–Kier alpha value is -1.23. The number of nitrogens with one attached hydrogen (secondary N) is 1. The van der Waals surface area contributed by atoms with Crippen LogP contribution in [0.1, 0.15) is 34.9 Å². The van der Waals surface area contributed by atoms with Gasteiger partial charge in [-0.3, -0.25) is 0 Å². The summed E-state index contributed by atoms with van der Waals surface area (Å²) in [5, 5.41) is 5.85. The maximum absolute atomic E-state index is 5.90. The Kier molecular flexibility index (Phi) is 5.14. The van der Waals surface area contributed by atoms with E-state index in [4.69, 9.17) is 9.47 Å². The third-order valence-electron chi connectivity index (χ3n) is 4.37. The number of thiophene rings is 1. The highest BCUT2D eigenvalue weighted by atomic mass is 35.5. The van der Waals surface area contributed by atoms with Gasteiger partial charge in [0.25, 0.3) is 0 Å². The van der Waals surface area contributed by atoms with Crippen molar-refractivity contribution in [1.82, 2.24) is 5.32 Å². The number of benzene rings is 1. The molecule has 124 valence electrons. The molecule has 5 heteroatoms. The molecule has 3 nitrogen and oxygen atoms in total. The van der Waals surface area contributed by atoms with Gasteiger partial charge in [0.05, 0.1) is 13.2 Å². The van der Waals surface area contributed by atoms with Gasteiger partial charge in [0.1, 0.15) is 0 Å². The average molecular weight is 352 g/mol. The quantitative estimate of drug-likeness (QED) is 0.877. The molecule has 1 aliphatic heterocycles. The first-order valence-electron chi connectivity index (χ1n) is 7.96. The van der Waals surface area contributed by atoms with E-state index in [2.05, 4.69) is 35.0 Å². The molecule has 1 saturated carbocycles. The van der Waals surface area contributed by atoms with Crippen molar-refractivity contribution in [2.75, 3.05) is 13.7 Å². The minimum atomic E-state index is 0. The van der Waals surface area contributed by atoms with Crippen LogP contribution in [0, 0.1) is 0 Å². The van der Waals surface area contributed by atoms with E-state index < -0.39 is 0 Å². The van der Waals surface area contributed by atoms with E-state index in [9.17, 15) is 0 Å². The van der Waals surface area contributed by atoms with Crippen molar-refractivity contribution < 1.29 is 9.47 Å². The van der Waals surface area contributed by atoms with Crippen LogP contribution in [0.15, 0.2) is 29.6 Å². The zero-order valence-corrected chi connectivity index (χ0v) is 14.8. The van der Waals surface area contributed by atoms with Gasteiger partial charge in [0, 0.05) is 10.9 Å². The van der Waals surface area contributed by atoms with Gasteiger partial charge in [-0.15, -0.1) is 23.7 Å². The number of rotatable bonds is 5. The number of methoxy groups -OCH3 is 1. The number of hydrogen-bond donors (Lipinski definition) is 1. The van der Waals surface area contributed by atoms with Gasteiger partial charge in [-0.05, 0) is 66.9 Å². The first-order chi connectivity index (χ1) is 10.8. The molecule has 0 amide bonds. The molecule has 1 N–H and O–H groups in total. The molecule has 1 aromatic carbocycles. The third-order valence-corrected chi connectivity index (χ3v) is 5.44. The summed E-state index contributed by atoms with van der Waals surface area (Å²) in [5.74, 6) is 1.73. The van der Waals surface area contributed by atoms with E-state index in [1.54, 1.807) is 7.11 Å². The lowest BCUT2D eigenvalue weighted by Gasteiger charge is -2.24. The lowest BCUT2D eigenvalue weighted by atomic mass is 9.97. The molecule has 2 aromatic rings. The summed E-state index contributed by atoms with van der Waals surface area (Å²) in [6, 6.07) is 9.04. The van der Waals surface area contributed by atoms with E-state index in [1.807, 2.05) is 11.3 Å². The number of halogens is 1. The maximum Gasteiger partial charge on any atom is 0.161 e. The Balaban J connectivity index is 0.00000156. The fourth-order valence-corrected chi connectivity index (χ4v) is 4.07. The normalized spacial score (nSPS) is 19.6. The number of fused-ring (bicyclic) bond motifs is 1. The molecule has 1 aromatic heterocycles. The SMILES string of the molecule is COc1cc(CC2NCCc3ccsc32)ccc1OC1CC1.Cl. The van der Waals surface area contributed by atoms with Gasteiger partial charge >= 0.3 is 0 Å². The van der Waals surface area contributed by atoms with Crippen LogP contribution in [0.3, 0.4) is 0 Å². The smallest absolute Gasteiger partial charge is 0.161 e. The standard InChI is InChI=1S/C18H21NO2S.ClH/c1-20-17-11-12(2-5-16(17)21-14-3-4-14)10-15-18-13(6-8-19-15)7-9-22-18;/h2,5,7,9,11,14-15,19H,3-4,6,8,10H2,1H3;1H. The molecule has 1 aliphatic carbocycles. The van der Waals surface area contributed by atoms with Gasteiger partial charge in [-0.25, -0.2) is 0 Å². The monoisotopic (exact) mass is 351 g/mol. The molecule has 2 heterocycles. The van der Waals surface area contributed by atoms with Crippen LogP contribution in [0.4, 0.5) is 0 Å². The first-order valence-corrected chi connectivity index (χ1v) is 8.84. The molecule has 0 radical (unpaired) electrons. The van der Waals surface area contributed by atoms with Crippen molar-refractivity contribution >= 4 is 23.7 Å². The average Bonchev–Trinajstić information content (AvgIpc) is 3.22. The topological polar surface area (TPSA) is 30.5 Å². The summed E-state index contributed by atoms with van der Waals surface area (Å²) >= 11 is 1.86. The molecule has 1 fully saturated rings. The third kappa shape index (κ3) is 3.65. The van der Waals surface area contributed by atoms with E-state index in [0.717, 1.165) is 43.7 Å². The van der Waals surface area contributed by atoms with Crippen LogP contribution in [-0.4, -0.2) is 19.8 Å². The van der Waals surface area contributed by atoms with Gasteiger partial charge in [-0.2, -0.15) is 0 Å². The van der Waals surface area contributed by atoms with Crippen LogP contribution in [0.25, 0.3) is 0 Å². The van der Waals surface area contributed by atoms with E-state index in [1.165, 1.54) is 16.0 Å². The van der Waals surface area contributed by atoms with Crippen LogP contribution < -0.4 is 14.8 Å². The summed E-state index contributed by atoms with van der Waals surface area (Å²) < 4.78 is 11.4.